The van der Waals surface area contributed by atoms with Crippen LogP contribution in [-0.2, 0) is 23.7 Å². The van der Waals surface area contributed by atoms with Crippen LogP contribution in [0, 0.1) is 0 Å². The third-order valence-electron chi connectivity index (χ3n) is 14.7. The van der Waals surface area contributed by atoms with Crippen LogP contribution in [0.3, 0.4) is 0 Å². The third kappa shape index (κ3) is 42.3. The monoisotopic (exact) mass is 995 g/mol. The molecule has 1 rings (SSSR count). The predicted octanol–water partition coefficient (Wildman–Crippen LogP) is 16.3. The van der Waals surface area contributed by atoms with E-state index in [9.17, 15) is 25.2 Å². The molecule has 9 nitrogen and oxygen atoms in total. The van der Waals surface area contributed by atoms with Gasteiger partial charge in [0.25, 0.3) is 0 Å². The fourth-order valence-electron chi connectivity index (χ4n) is 9.90. The zero-order chi connectivity index (χ0) is 50.6. The average molecular weight is 996 g/mol. The molecule has 6 unspecified atom stereocenters. The second kappa shape index (κ2) is 52.8. The molecular formula is C61H118O9. The molecule has 0 radical (unpaired) electrons. The molecule has 416 valence electrons. The van der Waals surface area contributed by atoms with Crippen molar-refractivity contribution in [2.75, 3.05) is 26.4 Å². The molecule has 0 amide bonds. The number of esters is 1. The van der Waals surface area contributed by atoms with Crippen molar-refractivity contribution in [3.8, 4) is 0 Å². The minimum absolute atomic E-state index is 0.107. The van der Waals surface area contributed by atoms with Gasteiger partial charge in [-0.05, 0) is 38.5 Å². The second-order valence-electron chi connectivity index (χ2n) is 21.5. The highest BCUT2D eigenvalue weighted by Gasteiger charge is 2.44. The lowest BCUT2D eigenvalue weighted by molar-refractivity contribution is -0.305. The van der Waals surface area contributed by atoms with Gasteiger partial charge >= 0.3 is 5.97 Å². The van der Waals surface area contributed by atoms with Crippen molar-refractivity contribution in [3.05, 3.63) is 12.2 Å². The van der Waals surface area contributed by atoms with Crippen LogP contribution in [0.2, 0.25) is 0 Å². The summed E-state index contributed by atoms with van der Waals surface area (Å²) >= 11 is 0. The molecule has 0 aromatic rings. The number of carbonyl (C=O) groups is 1. The summed E-state index contributed by atoms with van der Waals surface area (Å²) in [6.07, 6.45) is 57.0. The van der Waals surface area contributed by atoms with E-state index in [1.54, 1.807) is 0 Å². The molecule has 0 aromatic carbocycles. The topological polar surface area (TPSA) is 135 Å². The van der Waals surface area contributed by atoms with Gasteiger partial charge in [-0.25, -0.2) is 0 Å². The highest BCUT2D eigenvalue weighted by molar-refractivity contribution is 5.69. The Hall–Kier alpha value is -1.07. The van der Waals surface area contributed by atoms with Gasteiger partial charge in [-0.3, -0.25) is 4.79 Å². The Morgan fingerprint density at radius 1 is 0.443 bits per heavy atom. The van der Waals surface area contributed by atoms with Crippen molar-refractivity contribution >= 4 is 5.97 Å². The zero-order valence-corrected chi connectivity index (χ0v) is 46.3. The number of unbranched alkanes of at least 4 members (excludes halogenated alkanes) is 42. The van der Waals surface area contributed by atoms with Crippen LogP contribution in [0.4, 0.5) is 0 Å². The van der Waals surface area contributed by atoms with E-state index in [0.717, 1.165) is 32.1 Å². The lowest BCUT2D eigenvalue weighted by Crippen LogP contribution is -2.59. The van der Waals surface area contributed by atoms with E-state index in [1.807, 2.05) is 0 Å². The van der Waals surface area contributed by atoms with E-state index in [1.165, 1.54) is 257 Å². The van der Waals surface area contributed by atoms with Crippen LogP contribution in [0.5, 0.6) is 0 Å². The smallest absolute Gasteiger partial charge is 0.306 e. The van der Waals surface area contributed by atoms with Crippen molar-refractivity contribution < 1.29 is 44.2 Å². The number of aliphatic hydroxyl groups is 4. The van der Waals surface area contributed by atoms with Gasteiger partial charge < -0.3 is 39.4 Å². The molecule has 1 heterocycles. The Bertz CT molecular complexity index is 1090. The van der Waals surface area contributed by atoms with Gasteiger partial charge in [-0.2, -0.15) is 0 Å². The van der Waals surface area contributed by atoms with Gasteiger partial charge in [0.2, 0.25) is 0 Å². The van der Waals surface area contributed by atoms with Gasteiger partial charge in [0.1, 0.15) is 30.5 Å². The average Bonchev–Trinajstić information content (AvgIpc) is 3.36. The quantitative estimate of drug-likeness (QED) is 0.0267. The van der Waals surface area contributed by atoms with Gasteiger partial charge in [0.05, 0.1) is 19.8 Å². The van der Waals surface area contributed by atoms with E-state index in [2.05, 4.69) is 26.0 Å². The molecule has 4 N–H and O–H groups in total. The number of allylic oxidation sites excluding steroid dienone is 2. The van der Waals surface area contributed by atoms with Crippen LogP contribution in [0.15, 0.2) is 12.2 Å². The first-order valence-corrected chi connectivity index (χ1v) is 30.8. The van der Waals surface area contributed by atoms with E-state index >= 15 is 0 Å². The van der Waals surface area contributed by atoms with Crippen molar-refractivity contribution in [1.29, 1.82) is 0 Å². The van der Waals surface area contributed by atoms with Gasteiger partial charge in [-0.1, -0.05) is 276 Å². The lowest BCUT2D eigenvalue weighted by atomic mass is 9.99. The van der Waals surface area contributed by atoms with Crippen LogP contribution in [0.1, 0.15) is 309 Å². The minimum Gasteiger partial charge on any atom is -0.457 e. The van der Waals surface area contributed by atoms with Crippen LogP contribution >= 0.6 is 0 Å². The Labute approximate surface area is 433 Å². The van der Waals surface area contributed by atoms with Gasteiger partial charge in [0, 0.05) is 13.0 Å². The first-order valence-electron chi connectivity index (χ1n) is 30.8. The summed E-state index contributed by atoms with van der Waals surface area (Å²) in [5.41, 5.74) is 0. The molecule has 1 aliphatic rings. The number of ether oxygens (including phenoxy) is 4. The van der Waals surface area contributed by atoms with Crippen molar-refractivity contribution in [1.82, 2.24) is 0 Å². The summed E-state index contributed by atoms with van der Waals surface area (Å²) < 4.78 is 23.0. The maximum absolute atomic E-state index is 12.9. The number of carbonyl (C=O) groups excluding carboxylic acids is 1. The van der Waals surface area contributed by atoms with E-state index in [-0.39, 0.29) is 19.2 Å². The van der Waals surface area contributed by atoms with Gasteiger partial charge in [0.15, 0.2) is 6.29 Å². The van der Waals surface area contributed by atoms with Crippen molar-refractivity contribution in [2.24, 2.45) is 0 Å². The maximum Gasteiger partial charge on any atom is 0.306 e. The highest BCUT2D eigenvalue weighted by atomic mass is 16.7. The fraction of sp³-hybridized carbons (Fsp3) is 0.951. The Morgan fingerprint density at radius 2 is 0.786 bits per heavy atom. The number of rotatable bonds is 55. The SMILES string of the molecule is CCCCCCCCCC/C=C\CCCCCCCCCCCCOCC(COC1OC(CO)C(O)C(O)C1O)OC(=O)CCCCCCCCCCCCCCCCCCCCCCCCCCC. The minimum atomic E-state index is -1.53. The summed E-state index contributed by atoms with van der Waals surface area (Å²) in [5, 5.41) is 40.4. The second-order valence-corrected chi connectivity index (χ2v) is 21.5. The molecule has 1 aliphatic heterocycles. The van der Waals surface area contributed by atoms with Crippen LogP contribution < -0.4 is 0 Å². The summed E-state index contributed by atoms with van der Waals surface area (Å²) in [5.74, 6) is -0.304. The van der Waals surface area contributed by atoms with Crippen LogP contribution in [0.25, 0.3) is 0 Å². The summed E-state index contributed by atoms with van der Waals surface area (Å²) in [7, 11) is 0. The number of aliphatic hydroxyl groups excluding tert-OH is 4. The molecular weight excluding hydrogens is 877 g/mol. The van der Waals surface area contributed by atoms with E-state index in [0.29, 0.717) is 13.0 Å². The first-order chi connectivity index (χ1) is 34.4. The molecule has 6 atom stereocenters. The van der Waals surface area contributed by atoms with Crippen molar-refractivity contribution in [2.45, 2.75) is 346 Å². The fourth-order valence-corrected chi connectivity index (χ4v) is 9.90. The molecule has 0 aromatic heterocycles. The molecule has 0 spiro atoms. The molecule has 1 saturated heterocycles. The summed E-state index contributed by atoms with van der Waals surface area (Å²) in [6.45, 7) is 4.63. The maximum atomic E-state index is 12.9. The Kier molecular flexibility index (Phi) is 50.5. The third-order valence-corrected chi connectivity index (χ3v) is 14.7. The standard InChI is InChI=1S/C61H118O9/c1-3-5-7-9-11-13-15-17-19-21-23-25-27-28-29-30-32-34-36-38-40-42-44-46-48-50-57(63)69-55(54-68-61-60(66)59(65)58(64)56(52-62)70-61)53-67-51-49-47-45-43-41-39-37-35-33-31-26-24-22-20-18-16-14-12-10-8-6-4-2/h22,24,55-56,58-62,64-66H,3-21,23,25-54H2,1-2H3/b24-22-. The number of hydrogen-bond donors (Lipinski definition) is 4. The molecule has 9 heteroatoms. The van der Waals surface area contributed by atoms with Crippen molar-refractivity contribution in [3.63, 3.8) is 0 Å². The largest absolute Gasteiger partial charge is 0.457 e. The number of hydrogen-bond acceptors (Lipinski definition) is 9. The van der Waals surface area contributed by atoms with Gasteiger partial charge in [-0.15, -0.1) is 0 Å². The predicted molar refractivity (Wildman–Crippen MR) is 293 cm³/mol. The van der Waals surface area contributed by atoms with E-state index in [4.69, 9.17) is 18.9 Å². The zero-order valence-electron chi connectivity index (χ0n) is 46.3. The molecule has 0 aliphatic carbocycles. The highest BCUT2D eigenvalue weighted by Crippen LogP contribution is 2.23. The summed E-state index contributed by atoms with van der Waals surface area (Å²) in [6, 6.07) is 0. The normalized spacial score (nSPS) is 18.9. The molecule has 70 heavy (non-hydrogen) atoms. The van der Waals surface area contributed by atoms with Crippen LogP contribution in [-0.4, -0.2) is 89.6 Å². The lowest BCUT2D eigenvalue weighted by Gasteiger charge is -2.39. The molecule has 1 fully saturated rings. The Balaban J connectivity index is 2.11. The summed E-state index contributed by atoms with van der Waals surface area (Å²) in [4.78, 5) is 12.9. The molecule has 0 bridgehead atoms. The Morgan fingerprint density at radius 3 is 1.16 bits per heavy atom. The molecule has 0 saturated carbocycles. The van der Waals surface area contributed by atoms with E-state index < -0.39 is 43.4 Å². The first kappa shape index (κ1) is 66.9.